The van der Waals surface area contributed by atoms with Crippen LogP contribution < -0.4 is 11.1 Å². The van der Waals surface area contributed by atoms with E-state index in [0.29, 0.717) is 18.2 Å². The lowest BCUT2D eigenvalue weighted by molar-refractivity contribution is 0.0997. The van der Waals surface area contributed by atoms with E-state index in [9.17, 15) is 15.0 Å². The van der Waals surface area contributed by atoms with Crippen LogP contribution in [0, 0.1) is 5.92 Å². The third kappa shape index (κ3) is 5.49. The van der Waals surface area contributed by atoms with Gasteiger partial charge in [-0.25, -0.2) is 0 Å². The Morgan fingerprint density at radius 2 is 2.04 bits per heavy atom. The Morgan fingerprint density at radius 3 is 2.71 bits per heavy atom. The number of nitrogens with one attached hydrogen (secondary N) is 1. The van der Waals surface area contributed by atoms with Crippen molar-refractivity contribution in [1.29, 1.82) is 0 Å². The molecule has 0 bridgehead atoms. The number of hydrogen-bond acceptors (Lipinski definition) is 4. The number of rotatable bonds is 8. The van der Waals surface area contributed by atoms with Crippen LogP contribution in [0.4, 0.5) is 0 Å². The first-order valence-corrected chi connectivity index (χ1v) is 9.01. The van der Waals surface area contributed by atoms with E-state index < -0.39 is 12.0 Å². The molecule has 2 unspecified atom stereocenters. The molecular formula is C19H30N2O3. The average molecular weight is 334 g/mol. The van der Waals surface area contributed by atoms with Crippen molar-refractivity contribution >= 4 is 5.91 Å². The van der Waals surface area contributed by atoms with Gasteiger partial charge in [0.1, 0.15) is 5.75 Å². The SMILES string of the molecule is CC(CCC1CCCCC1)NCC(O)c1ccc(O)c(C(N)=O)c1. The highest BCUT2D eigenvalue weighted by atomic mass is 16.3. The Bertz CT molecular complexity index is 541. The Morgan fingerprint density at radius 1 is 1.33 bits per heavy atom. The first-order chi connectivity index (χ1) is 11.5. The lowest BCUT2D eigenvalue weighted by atomic mass is 9.85. The van der Waals surface area contributed by atoms with Gasteiger partial charge in [0.05, 0.1) is 11.7 Å². The number of phenols is 1. The normalized spacial score (nSPS) is 18.2. The zero-order valence-corrected chi connectivity index (χ0v) is 14.5. The van der Waals surface area contributed by atoms with Crippen LogP contribution in [0.1, 0.15) is 73.9 Å². The van der Waals surface area contributed by atoms with Gasteiger partial charge in [-0.15, -0.1) is 0 Å². The zero-order valence-electron chi connectivity index (χ0n) is 14.5. The maximum Gasteiger partial charge on any atom is 0.252 e. The minimum Gasteiger partial charge on any atom is -0.507 e. The van der Waals surface area contributed by atoms with Crippen molar-refractivity contribution in [2.45, 2.75) is 64.0 Å². The van der Waals surface area contributed by atoms with Gasteiger partial charge in [-0.05, 0) is 43.4 Å². The molecule has 2 atom stereocenters. The largest absolute Gasteiger partial charge is 0.507 e. The van der Waals surface area contributed by atoms with Gasteiger partial charge in [0.15, 0.2) is 0 Å². The summed E-state index contributed by atoms with van der Waals surface area (Å²) in [7, 11) is 0. The summed E-state index contributed by atoms with van der Waals surface area (Å²) in [5.41, 5.74) is 5.84. The van der Waals surface area contributed by atoms with Gasteiger partial charge in [0.25, 0.3) is 5.91 Å². The number of nitrogens with two attached hydrogens (primary N) is 1. The van der Waals surface area contributed by atoms with Gasteiger partial charge in [-0.3, -0.25) is 4.79 Å². The summed E-state index contributed by atoms with van der Waals surface area (Å²) < 4.78 is 0. The molecule has 1 aliphatic rings. The Kier molecular flexibility index (Phi) is 7.06. The van der Waals surface area contributed by atoms with Gasteiger partial charge in [-0.2, -0.15) is 0 Å². The third-order valence-electron chi connectivity index (χ3n) is 5.06. The molecule has 1 saturated carbocycles. The van der Waals surface area contributed by atoms with E-state index in [2.05, 4.69) is 12.2 Å². The molecule has 1 aromatic rings. The average Bonchev–Trinajstić information content (AvgIpc) is 2.59. The Hall–Kier alpha value is -1.59. The zero-order chi connectivity index (χ0) is 17.5. The van der Waals surface area contributed by atoms with Crippen molar-refractivity contribution in [1.82, 2.24) is 5.32 Å². The van der Waals surface area contributed by atoms with Crippen LogP contribution in [0.25, 0.3) is 0 Å². The number of aromatic hydroxyl groups is 1. The third-order valence-corrected chi connectivity index (χ3v) is 5.06. The van der Waals surface area contributed by atoms with E-state index in [0.717, 1.165) is 12.3 Å². The maximum absolute atomic E-state index is 11.3. The van der Waals surface area contributed by atoms with Crippen molar-refractivity contribution in [3.8, 4) is 5.75 Å². The minimum atomic E-state index is -0.735. The van der Waals surface area contributed by atoms with Crippen LogP contribution in [0.5, 0.6) is 5.75 Å². The number of carbonyl (C=O) groups excluding carboxylic acids is 1. The van der Waals surface area contributed by atoms with E-state index in [1.54, 1.807) is 6.07 Å². The fourth-order valence-corrected chi connectivity index (χ4v) is 3.45. The summed E-state index contributed by atoms with van der Waals surface area (Å²) in [6.45, 7) is 2.55. The smallest absolute Gasteiger partial charge is 0.252 e. The molecule has 0 saturated heterocycles. The van der Waals surface area contributed by atoms with E-state index in [4.69, 9.17) is 5.73 Å². The van der Waals surface area contributed by atoms with Gasteiger partial charge in [0.2, 0.25) is 0 Å². The maximum atomic E-state index is 11.3. The molecule has 5 N–H and O–H groups in total. The van der Waals surface area contributed by atoms with Crippen LogP contribution in [0.3, 0.4) is 0 Å². The molecule has 0 radical (unpaired) electrons. The second-order valence-corrected chi connectivity index (χ2v) is 7.05. The molecule has 1 aliphatic carbocycles. The highest BCUT2D eigenvalue weighted by molar-refractivity contribution is 5.95. The summed E-state index contributed by atoms with van der Waals surface area (Å²) in [5, 5.41) is 23.2. The molecule has 0 spiro atoms. The van der Waals surface area contributed by atoms with Gasteiger partial charge < -0.3 is 21.3 Å². The molecule has 1 aromatic carbocycles. The van der Waals surface area contributed by atoms with Crippen LogP contribution in [-0.4, -0.2) is 28.7 Å². The van der Waals surface area contributed by atoms with E-state index in [1.807, 2.05) is 0 Å². The van der Waals surface area contributed by atoms with Crippen LogP contribution in [0.15, 0.2) is 18.2 Å². The summed E-state index contributed by atoms with van der Waals surface area (Å²) in [4.78, 5) is 11.3. The van der Waals surface area contributed by atoms with Crippen LogP contribution >= 0.6 is 0 Å². The molecule has 5 heteroatoms. The van der Waals surface area contributed by atoms with Crippen LogP contribution in [0.2, 0.25) is 0 Å². The van der Waals surface area contributed by atoms with Crippen molar-refractivity contribution in [3.05, 3.63) is 29.3 Å². The molecule has 1 amide bonds. The van der Waals surface area contributed by atoms with Crippen LogP contribution in [-0.2, 0) is 0 Å². The topological polar surface area (TPSA) is 95.6 Å². The second-order valence-electron chi connectivity index (χ2n) is 7.05. The predicted octanol–water partition coefficient (Wildman–Crippen LogP) is 2.86. The van der Waals surface area contributed by atoms with E-state index in [-0.39, 0.29) is 11.3 Å². The fourth-order valence-electron chi connectivity index (χ4n) is 3.45. The number of benzene rings is 1. The molecular weight excluding hydrogens is 304 g/mol. The van der Waals surface area contributed by atoms with Crippen molar-refractivity contribution in [2.75, 3.05) is 6.54 Å². The van der Waals surface area contributed by atoms with Gasteiger partial charge in [-0.1, -0.05) is 38.2 Å². The minimum absolute atomic E-state index is 0.0388. The molecule has 5 nitrogen and oxygen atoms in total. The first-order valence-electron chi connectivity index (χ1n) is 9.01. The number of amides is 1. The first kappa shape index (κ1) is 18.7. The lowest BCUT2D eigenvalue weighted by Gasteiger charge is -2.24. The van der Waals surface area contributed by atoms with Crippen molar-refractivity contribution in [3.63, 3.8) is 0 Å². The molecule has 0 aliphatic heterocycles. The highest BCUT2D eigenvalue weighted by Gasteiger charge is 2.16. The summed E-state index contributed by atoms with van der Waals surface area (Å²) >= 11 is 0. The predicted molar refractivity (Wildman–Crippen MR) is 94.9 cm³/mol. The van der Waals surface area contributed by atoms with Gasteiger partial charge >= 0.3 is 0 Å². The van der Waals surface area contributed by atoms with E-state index in [1.165, 1.54) is 50.7 Å². The molecule has 2 rings (SSSR count). The summed E-state index contributed by atoms with van der Waals surface area (Å²) in [5.74, 6) is 0.00534. The molecule has 24 heavy (non-hydrogen) atoms. The number of carbonyl (C=O) groups is 1. The monoisotopic (exact) mass is 334 g/mol. The van der Waals surface area contributed by atoms with Crippen molar-refractivity contribution < 1.29 is 15.0 Å². The fraction of sp³-hybridized carbons (Fsp3) is 0.632. The molecule has 0 aromatic heterocycles. The highest BCUT2D eigenvalue weighted by Crippen LogP contribution is 2.28. The second kappa shape index (κ2) is 9.04. The number of aliphatic hydroxyl groups is 1. The number of aliphatic hydroxyl groups excluding tert-OH is 1. The van der Waals surface area contributed by atoms with Crippen molar-refractivity contribution in [2.24, 2.45) is 11.7 Å². The lowest BCUT2D eigenvalue weighted by Crippen LogP contribution is -2.31. The Labute approximate surface area is 144 Å². The van der Waals surface area contributed by atoms with Gasteiger partial charge in [0, 0.05) is 12.6 Å². The molecule has 1 fully saturated rings. The number of primary amides is 1. The molecule has 134 valence electrons. The number of hydrogen-bond donors (Lipinski definition) is 4. The summed E-state index contributed by atoms with van der Waals surface area (Å²) in [6, 6.07) is 4.80. The standard InChI is InChI=1S/C19H30N2O3/c1-13(7-8-14-5-3-2-4-6-14)21-12-18(23)15-9-10-17(22)16(11-15)19(20)24/h9-11,13-14,18,21-23H,2-8,12H2,1H3,(H2,20,24). The Balaban J connectivity index is 1.78. The van der Waals surface area contributed by atoms with E-state index >= 15 is 0 Å². The summed E-state index contributed by atoms with van der Waals surface area (Å²) in [6.07, 6.45) is 8.46. The quantitative estimate of drug-likeness (QED) is 0.588. The molecule has 0 heterocycles.